The molecular formula is C12H19ClN4O. The van der Waals surface area contributed by atoms with E-state index in [1.165, 1.54) is 17.5 Å². The second-order valence-electron chi connectivity index (χ2n) is 4.78. The molecule has 5 nitrogen and oxygen atoms in total. The van der Waals surface area contributed by atoms with Crippen molar-refractivity contribution in [3.05, 3.63) is 21.6 Å². The van der Waals surface area contributed by atoms with Crippen LogP contribution in [0.25, 0.3) is 0 Å². The van der Waals surface area contributed by atoms with Crippen LogP contribution in [0.4, 0.5) is 5.69 Å². The molecule has 1 aliphatic carbocycles. The number of hydrogen-bond acceptors (Lipinski definition) is 4. The predicted octanol–water partition coefficient (Wildman–Crippen LogP) is 1.46. The van der Waals surface area contributed by atoms with Crippen LogP contribution in [-0.4, -0.2) is 22.4 Å². The quantitative estimate of drug-likeness (QED) is 0.821. The average Bonchev–Trinajstić information content (AvgIpc) is 3.18. The first-order valence-electron chi connectivity index (χ1n) is 6.38. The molecule has 0 saturated heterocycles. The minimum absolute atomic E-state index is 0.124. The molecule has 1 aliphatic rings. The first kappa shape index (κ1) is 13.4. The Kier molecular flexibility index (Phi) is 4.24. The van der Waals surface area contributed by atoms with Crippen molar-refractivity contribution in [2.45, 2.75) is 38.8 Å². The molecule has 0 amide bonds. The fourth-order valence-electron chi connectivity index (χ4n) is 1.88. The summed E-state index contributed by atoms with van der Waals surface area (Å²) in [5, 5.41) is 7.39. The van der Waals surface area contributed by atoms with Crippen LogP contribution in [0, 0.1) is 5.92 Å². The predicted molar refractivity (Wildman–Crippen MR) is 73.0 cm³/mol. The molecule has 18 heavy (non-hydrogen) atoms. The molecule has 1 aromatic rings. The highest BCUT2D eigenvalue weighted by Crippen LogP contribution is 2.31. The van der Waals surface area contributed by atoms with Crippen LogP contribution in [0.1, 0.15) is 26.2 Å². The van der Waals surface area contributed by atoms with Gasteiger partial charge in [-0.25, -0.2) is 4.68 Å². The van der Waals surface area contributed by atoms with Crippen LogP contribution in [0.3, 0.4) is 0 Å². The number of rotatable bonds is 6. The number of nitrogens with two attached hydrogens (primary N) is 1. The van der Waals surface area contributed by atoms with E-state index in [-0.39, 0.29) is 16.6 Å². The van der Waals surface area contributed by atoms with Crippen LogP contribution in [0.2, 0.25) is 5.02 Å². The Labute approximate surface area is 111 Å². The second-order valence-corrected chi connectivity index (χ2v) is 5.16. The van der Waals surface area contributed by atoms with Gasteiger partial charge in [-0.05, 0) is 25.2 Å². The van der Waals surface area contributed by atoms with Gasteiger partial charge in [0.1, 0.15) is 5.02 Å². The Hall–Kier alpha value is -1.07. The van der Waals surface area contributed by atoms with E-state index in [2.05, 4.69) is 10.4 Å². The minimum atomic E-state index is -0.247. The van der Waals surface area contributed by atoms with E-state index >= 15 is 0 Å². The van der Waals surface area contributed by atoms with Gasteiger partial charge in [0.05, 0.1) is 11.9 Å². The molecule has 0 spiro atoms. The summed E-state index contributed by atoms with van der Waals surface area (Å²) < 4.78 is 1.38. The third-order valence-corrected chi connectivity index (χ3v) is 3.54. The average molecular weight is 271 g/mol. The molecule has 1 saturated carbocycles. The molecule has 6 heteroatoms. The fraction of sp³-hybridized carbons (Fsp3) is 0.667. The molecule has 1 atom stereocenters. The van der Waals surface area contributed by atoms with Crippen LogP contribution in [-0.2, 0) is 6.54 Å². The van der Waals surface area contributed by atoms with Crippen molar-refractivity contribution in [1.82, 2.24) is 9.78 Å². The SMILES string of the molecule is CCCn1ncc(NCC(N)C2CC2)c(Cl)c1=O. The highest BCUT2D eigenvalue weighted by atomic mass is 35.5. The van der Waals surface area contributed by atoms with Crippen molar-refractivity contribution in [3.63, 3.8) is 0 Å². The van der Waals surface area contributed by atoms with Crippen molar-refractivity contribution in [2.24, 2.45) is 11.7 Å². The number of aromatic nitrogens is 2. The zero-order valence-corrected chi connectivity index (χ0v) is 11.3. The van der Waals surface area contributed by atoms with Gasteiger partial charge in [0.25, 0.3) is 5.56 Å². The molecule has 0 aromatic carbocycles. The molecule has 0 bridgehead atoms. The summed E-state index contributed by atoms with van der Waals surface area (Å²) in [7, 11) is 0. The van der Waals surface area contributed by atoms with E-state index in [0.717, 1.165) is 6.42 Å². The van der Waals surface area contributed by atoms with Gasteiger partial charge in [0, 0.05) is 19.1 Å². The maximum atomic E-state index is 11.9. The van der Waals surface area contributed by atoms with E-state index in [0.29, 0.717) is 24.7 Å². The molecule has 1 fully saturated rings. The van der Waals surface area contributed by atoms with Gasteiger partial charge in [-0.15, -0.1) is 0 Å². The summed E-state index contributed by atoms with van der Waals surface area (Å²) in [6.45, 7) is 3.20. The molecule has 0 radical (unpaired) electrons. The monoisotopic (exact) mass is 270 g/mol. The maximum absolute atomic E-state index is 11.9. The number of hydrogen-bond donors (Lipinski definition) is 2. The standard InChI is InChI=1S/C12H19ClN4O/c1-2-5-17-12(18)11(13)10(7-16-17)15-6-9(14)8-3-4-8/h7-9,15H,2-6,14H2,1H3. The van der Waals surface area contributed by atoms with Gasteiger partial charge in [-0.1, -0.05) is 18.5 Å². The Balaban J connectivity index is 2.04. The lowest BCUT2D eigenvalue weighted by molar-refractivity contribution is 0.567. The number of halogens is 1. The molecule has 2 rings (SSSR count). The van der Waals surface area contributed by atoms with Crippen LogP contribution in [0.15, 0.2) is 11.0 Å². The Morgan fingerprint density at radius 1 is 1.67 bits per heavy atom. The first-order valence-corrected chi connectivity index (χ1v) is 6.76. The highest BCUT2D eigenvalue weighted by Gasteiger charge is 2.28. The summed E-state index contributed by atoms with van der Waals surface area (Å²) in [6, 6.07) is 0.124. The van der Waals surface area contributed by atoms with Gasteiger partial charge < -0.3 is 11.1 Å². The third-order valence-electron chi connectivity index (χ3n) is 3.18. The van der Waals surface area contributed by atoms with Gasteiger partial charge in [-0.3, -0.25) is 4.79 Å². The van der Waals surface area contributed by atoms with E-state index < -0.39 is 0 Å². The Morgan fingerprint density at radius 3 is 3.00 bits per heavy atom. The van der Waals surface area contributed by atoms with Gasteiger partial charge in [0.15, 0.2) is 0 Å². The van der Waals surface area contributed by atoms with E-state index in [1.807, 2.05) is 6.92 Å². The zero-order chi connectivity index (χ0) is 13.1. The lowest BCUT2D eigenvalue weighted by Crippen LogP contribution is -2.32. The molecule has 1 heterocycles. The normalized spacial score (nSPS) is 16.6. The summed E-state index contributed by atoms with van der Waals surface area (Å²) in [5.74, 6) is 0.615. The number of nitrogens with one attached hydrogen (secondary N) is 1. The van der Waals surface area contributed by atoms with Gasteiger partial charge in [-0.2, -0.15) is 5.10 Å². The highest BCUT2D eigenvalue weighted by molar-refractivity contribution is 6.32. The minimum Gasteiger partial charge on any atom is -0.381 e. The smallest absolute Gasteiger partial charge is 0.287 e. The first-order chi connectivity index (χ1) is 8.63. The number of nitrogens with zero attached hydrogens (tertiary/aromatic N) is 2. The molecule has 100 valence electrons. The topological polar surface area (TPSA) is 72.9 Å². The van der Waals surface area contributed by atoms with Crippen molar-refractivity contribution in [2.75, 3.05) is 11.9 Å². The zero-order valence-electron chi connectivity index (χ0n) is 10.5. The van der Waals surface area contributed by atoms with Gasteiger partial charge in [0.2, 0.25) is 0 Å². The summed E-state index contributed by atoms with van der Waals surface area (Å²) >= 11 is 6.04. The van der Waals surface area contributed by atoms with Gasteiger partial charge >= 0.3 is 0 Å². The molecule has 1 unspecified atom stereocenters. The van der Waals surface area contributed by atoms with E-state index in [1.54, 1.807) is 6.20 Å². The van der Waals surface area contributed by atoms with Crippen molar-refractivity contribution >= 4 is 17.3 Å². The Bertz CT molecular complexity index is 470. The molecule has 3 N–H and O–H groups in total. The summed E-state index contributed by atoms with van der Waals surface area (Å²) in [4.78, 5) is 11.9. The maximum Gasteiger partial charge on any atom is 0.287 e. The lowest BCUT2D eigenvalue weighted by Gasteiger charge is -2.14. The van der Waals surface area contributed by atoms with Crippen LogP contribution >= 0.6 is 11.6 Å². The van der Waals surface area contributed by atoms with Crippen LogP contribution < -0.4 is 16.6 Å². The number of aryl methyl sites for hydroxylation is 1. The summed E-state index contributed by atoms with van der Waals surface area (Å²) in [6.07, 6.45) is 4.85. The van der Waals surface area contributed by atoms with Crippen molar-refractivity contribution < 1.29 is 0 Å². The summed E-state index contributed by atoms with van der Waals surface area (Å²) in [5.41, 5.74) is 6.31. The third kappa shape index (κ3) is 3.03. The van der Waals surface area contributed by atoms with Crippen molar-refractivity contribution in [1.29, 1.82) is 0 Å². The fourth-order valence-corrected chi connectivity index (χ4v) is 2.09. The van der Waals surface area contributed by atoms with E-state index in [9.17, 15) is 4.79 Å². The second kappa shape index (κ2) is 5.71. The molecular weight excluding hydrogens is 252 g/mol. The molecule has 1 aromatic heterocycles. The lowest BCUT2D eigenvalue weighted by atomic mass is 10.2. The van der Waals surface area contributed by atoms with E-state index in [4.69, 9.17) is 17.3 Å². The molecule has 0 aliphatic heterocycles. The Morgan fingerprint density at radius 2 is 2.39 bits per heavy atom. The van der Waals surface area contributed by atoms with Crippen molar-refractivity contribution in [3.8, 4) is 0 Å². The largest absolute Gasteiger partial charge is 0.381 e. The van der Waals surface area contributed by atoms with Crippen LogP contribution in [0.5, 0.6) is 0 Å². The number of anilines is 1.